The fourth-order valence-electron chi connectivity index (χ4n) is 2.85. The average molecular weight is 329 g/mol. The van der Waals surface area contributed by atoms with Crippen LogP contribution in [-0.4, -0.2) is 20.6 Å². The number of carboxylic acids is 1. The third kappa shape index (κ3) is 2.70. The number of halogens is 1. The van der Waals surface area contributed by atoms with Gasteiger partial charge in [-0.1, -0.05) is 49.7 Å². The topological polar surface area (TPSA) is 55.1 Å². The minimum Gasteiger partial charge on any atom is -0.480 e. The molecule has 4 nitrogen and oxygen atoms in total. The van der Waals surface area contributed by atoms with Gasteiger partial charge in [0.25, 0.3) is 0 Å². The molecule has 0 saturated heterocycles. The summed E-state index contributed by atoms with van der Waals surface area (Å²) in [6, 6.07) is 14.2. The van der Waals surface area contributed by atoms with Gasteiger partial charge in [-0.3, -0.25) is 0 Å². The highest BCUT2D eigenvalue weighted by molar-refractivity contribution is 6.33. The van der Waals surface area contributed by atoms with Gasteiger partial charge in [0.15, 0.2) is 0 Å². The number of fused-ring (bicyclic) bond motifs is 1. The number of rotatable bonds is 4. The number of hydrogen-bond acceptors (Lipinski definition) is 2. The Balaban J connectivity index is 2.36. The Morgan fingerprint density at radius 3 is 2.43 bits per heavy atom. The maximum Gasteiger partial charge on any atom is 0.327 e. The van der Waals surface area contributed by atoms with Crippen LogP contribution >= 0.6 is 11.6 Å². The molecule has 1 unspecified atom stereocenters. The van der Waals surface area contributed by atoms with E-state index in [0.29, 0.717) is 10.8 Å². The van der Waals surface area contributed by atoms with Crippen molar-refractivity contribution < 1.29 is 9.90 Å². The molecule has 2 aromatic carbocycles. The molecule has 0 aliphatic rings. The highest BCUT2D eigenvalue weighted by atomic mass is 35.5. The van der Waals surface area contributed by atoms with Crippen molar-refractivity contribution in [3.63, 3.8) is 0 Å². The highest BCUT2D eigenvalue weighted by Crippen LogP contribution is 2.34. The summed E-state index contributed by atoms with van der Waals surface area (Å²) < 4.78 is 1.78. The van der Waals surface area contributed by atoms with Crippen molar-refractivity contribution in [1.82, 2.24) is 9.55 Å². The minimum absolute atomic E-state index is 0.0913. The van der Waals surface area contributed by atoms with Gasteiger partial charge >= 0.3 is 5.97 Å². The summed E-state index contributed by atoms with van der Waals surface area (Å²) in [7, 11) is 0. The van der Waals surface area contributed by atoms with Crippen LogP contribution in [0, 0.1) is 5.92 Å². The molecule has 5 heteroatoms. The Hall–Kier alpha value is -2.33. The van der Waals surface area contributed by atoms with Gasteiger partial charge in [0.1, 0.15) is 11.9 Å². The van der Waals surface area contributed by atoms with E-state index in [1.54, 1.807) is 10.6 Å². The smallest absolute Gasteiger partial charge is 0.327 e. The molecule has 3 aromatic rings. The lowest BCUT2D eigenvalue weighted by Gasteiger charge is -2.21. The zero-order valence-corrected chi connectivity index (χ0v) is 13.7. The van der Waals surface area contributed by atoms with E-state index < -0.39 is 12.0 Å². The van der Waals surface area contributed by atoms with Crippen LogP contribution in [0.3, 0.4) is 0 Å². The van der Waals surface area contributed by atoms with Crippen molar-refractivity contribution >= 4 is 28.6 Å². The number of aromatic nitrogens is 2. The van der Waals surface area contributed by atoms with Gasteiger partial charge in [0.05, 0.1) is 16.1 Å². The quantitative estimate of drug-likeness (QED) is 0.759. The Bertz CT molecular complexity index is 870. The number of hydrogen-bond donors (Lipinski definition) is 1. The summed E-state index contributed by atoms with van der Waals surface area (Å²) in [6.07, 6.45) is 0. The minimum atomic E-state index is -0.878. The first-order valence-electron chi connectivity index (χ1n) is 7.45. The standard InChI is InChI=1S/C18H17ClN2O2/c1-11(2)16(18(22)23)21-15-10-6-5-9-14(15)20-17(21)12-7-3-4-8-13(12)19/h3-11,16H,1-2H3,(H,22,23). The van der Waals surface area contributed by atoms with Gasteiger partial charge in [-0.25, -0.2) is 9.78 Å². The molecule has 0 bridgehead atoms. The first kappa shape index (κ1) is 15.6. The molecule has 1 N–H and O–H groups in total. The molecule has 0 radical (unpaired) electrons. The number of aliphatic carboxylic acids is 1. The predicted molar refractivity (Wildman–Crippen MR) is 91.7 cm³/mol. The van der Waals surface area contributed by atoms with Crippen molar-refractivity contribution in [2.75, 3.05) is 0 Å². The van der Waals surface area contributed by atoms with Crippen molar-refractivity contribution in [2.24, 2.45) is 5.92 Å². The molecule has 0 fully saturated rings. The Kier molecular flexibility index (Phi) is 4.09. The Morgan fingerprint density at radius 2 is 1.78 bits per heavy atom. The van der Waals surface area contributed by atoms with Crippen LogP contribution in [0.25, 0.3) is 22.4 Å². The first-order valence-corrected chi connectivity index (χ1v) is 7.83. The summed E-state index contributed by atoms with van der Waals surface area (Å²) in [6.45, 7) is 3.79. The van der Waals surface area contributed by atoms with E-state index in [2.05, 4.69) is 4.98 Å². The molecule has 0 amide bonds. The Morgan fingerprint density at radius 1 is 1.13 bits per heavy atom. The third-order valence-corrected chi connectivity index (χ3v) is 4.20. The SMILES string of the molecule is CC(C)C(C(=O)O)n1c(-c2ccccc2Cl)nc2ccccc21. The fraction of sp³-hybridized carbons (Fsp3) is 0.222. The molecule has 0 aliphatic carbocycles. The van der Waals surface area contributed by atoms with Gasteiger partial charge in [0.2, 0.25) is 0 Å². The normalized spacial score (nSPS) is 12.7. The lowest BCUT2D eigenvalue weighted by molar-refractivity contribution is -0.142. The number of para-hydroxylation sites is 2. The molecule has 3 rings (SSSR count). The van der Waals surface area contributed by atoms with E-state index in [-0.39, 0.29) is 5.92 Å². The molecular weight excluding hydrogens is 312 g/mol. The average Bonchev–Trinajstić information content (AvgIpc) is 2.86. The van der Waals surface area contributed by atoms with Gasteiger partial charge in [-0.2, -0.15) is 0 Å². The van der Waals surface area contributed by atoms with Crippen LogP contribution in [0.4, 0.5) is 0 Å². The van der Waals surface area contributed by atoms with Crippen molar-refractivity contribution in [3.8, 4) is 11.4 Å². The number of carboxylic acid groups (broad SMARTS) is 1. The summed E-state index contributed by atoms with van der Waals surface area (Å²) in [4.78, 5) is 16.5. The highest BCUT2D eigenvalue weighted by Gasteiger charge is 2.29. The van der Waals surface area contributed by atoms with Crippen molar-refractivity contribution in [3.05, 3.63) is 53.6 Å². The largest absolute Gasteiger partial charge is 0.480 e. The number of benzene rings is 2. The van der Waals surface area contributed by atoms with E-state index >= 15 is 0 Å². The second-order valence-corrected chi connectivity index (χ2v) is 6.21. The van der Waals surface area contributed by atoms with E-state index in [9.17, 15) is 9.90 Å². The van der Waals surface area contributed by atoms with E-state index in [1.807, 2.05) is 56.3 Å². The van der Waals surface area contributed by atoms with Crippen LogP contribution in [0.1, 0.15) is 19.9 Å². The van der Waals surface area contributed by atoms with E-state index in [4.69, 9.17) is 11.6 Å². The molecule has 0 aliphatic heterocycles. The van der Waals surface area contributed by atoms with Gasteiger partial charge in [-0.15, -0.1) is 0 Å². The van der Waals surface area contributed by atoms with Gasteiger partial charge in [-0.05, 0) is 30.2 Å². The zero-order chi connectivity index (χ0) is 16.6. The number of carbonyl (C=O) groups is 1. The summed E-state index contributed by atoms with van der Waals surface area (Å²) in [5.41, 5.74) is 2.29. The van der Waals surface area contributed by atoms with Crippen LogP contribution < -0.4 is 0 Å². The van der Waals surface area contributed by atoms with E-state index in [1.165, 1.54) is 0 Å². The molecule has 1 heterocycles. The number of nitrogens with zero attached hydrogens (tertiary/aromatic N) is 2. The lowest BCUT2D eigenvalue weighted by Crippen LogP contribution is -2.24. The molecule has 1 aromatic heterocycles. The summed E-state index contributed by atoms with van der Waals surface area (Å²) in [5, 5.41) is 10.3. The van der Waals surface area contributed by atoms with Crippen molar-refractivity contribution in [1.29, 1.82) is 0 Å². The summed E-state index contributed by atoms with van der Waals surface area (Å²) >= 11 is 6.32. The fourth-order valence-corrected chi connectivity index (χ4v) is 3.07. The monoisotopic (exact) mass is 328 g/mol. The second kappa shape index (κ2) is 6.05. The summed E-state index contributed by atoms with van der Waals surface area (Å²) in [5.74, 6) is -0.388. The predicted octanol–water partition coefficient (Wildman–Crippen LogP) is 4.64. The van der Waals surface area contributed by atoms with Crippen LogP contribution in [0.5, 0.6) is 0 Å². The molecule has 0 saturated carbocycles. The molecule has 1 atom stereocenters. The molecule has 0 spiro atoms. The zero-order valence-electron chi connectivity index (χ0n) is 12.9. The van der Waals surface area contributed by atoms with Crippen LogP contribution in [0.2, 0.25) is 5.02 Å². The van der Waals surface area contributed by atoms with Gasteiger partial charge in [0, 0.05) is 5.56 Å². The van der Waals surface area contributed by atoms with Gasteiger partial charge < -0.3 is 9.67 Å². The van der Waals surface area contributed by atoms with Crippen molar-refractivity contribution in [2.45, 2.75) is 19.9 Å². The molecule has 118 valence electrons. The lowest BCUT2D eigenvalue weighted by atomic mass is 10.0. The first-order chi connectivity index (χ1) is 11.0. The Labute approximate surface area is 139 Å². The van der Waals surface area contributed by atoms with Crippen LogP contribution in [0.15, 0.2) is 48.5 Å². The maximum absolute atomic E-state index is 11.9. The molecular formula is C18H17ClN2O2. The molecule has 23 heavy (non-hydrogen) atoms. The van der Waals surface area contributed by atoms with Crippen LogP contribution in [-0.2, 0) is 4.79 Å². The second-order valence-electron chi connectivity index (χ2n) is 5.80. The number of imidazole rings is 1. The van der Waals surface area contributed by atoms with E-state index in [0.717, 1.165) is 16.6 Å². The third-order valence-electron chi connectivity index (χ3n) is 3.87. The maximum atomic E-state index is 11.9.